The number of morpholine rings is 1. The number of methoxy groups -OCH3 is 1. The highest BCUT2D eigenvalue weighted by Gasteiger charge is 2.14. The molecule has 132 valence electrons. The highest BCUT2D eigenvalue weighted by atomic mass is 16.5. The van der Waals surface area contributed by atoms with Gasteiger partial charge in [0.05, 0.1) is 32.6 Å². The Morgan fingerprint density at radius 2 is 1.88 bits per heavy atom. The summed E-state index contributed by atoms with van der Waals surface area (Å²) in [5.41, 5.74) is 9.20. The third kappa shape index (κ3) is 4.42. The van der Waals surface area contributed by atoms with Crippen LogP contribution in [0, 0.1) is 0 Å². The van der Waals surface area contributed by atoms with Crippen LogP contribution in [0.3, 0.4) is 0 Å². The number of nitrogens with two attached hydrogens (primary N) is 1. The van der Waals surface area contributed by atoms with Gasteiger partial charge >= 0.3 is 0 Å². The standard InChI is InChI=1S/C19H24N4O2/c1-24-18-9-5-3-7-16(18)22-19(20)21-14-15-6-2-4-8-17(15)23-10-12-25-13-11-23/h2-9H,10-14H2,1H3,(H3,20,21,22). The lowest BCUT2D eigenvalue weighted by Gasteiger charge is -2.30. The third-order valence-corrected chi connectivity index (χ3v) is 4.13. The molecule has 0 unspecified atom stereocenters. The molecule has 0 aliphatic carbocycles. The van der Waals surface area contributed by atoms with Gasteiger partial charge in [-0.3, -0.25) is 0 Å². The Morgan fingerprint density at radius 1 is 1.16 bits per heavy atom. The smallest absolute Gasteiger partial charge is 0.193 e. The molecule has 0 saturated carbocycles. The SMILES string of the molecule is COc1ccccc1NC(N)=NCc1ccccc1N1CCOCC1. The molecule has 1 fully saturated rings. The second-order valence-corrected chi connectivity index (χ2v) is 5.75. The predicted molar refractivity (Wildman–Crippen MR) is 101 cm³/mol. The zero-order chi connectivity index (χ0) is 17.5. The Balaban J connectivity index is 1.71. The number of ether oxygens (including phenoxy) is 2. The van der Waals surface area contributed by atoms with Crippen molar-refractivity contribution in [3.8, 4) is 5.75 Å². The Kier molecular flexibility index (Phi) is 5.74. The van der Waals surface area contributed by atoms with Crippen molar-refractivity contribution in [2.24, 2.45) is 10.7 Å². The van der Waals surface area contributed by atoms with Crippen LogP contribution in [-0.4, -0.2) is 39.4 Å². The summed E-state index contributed by atoms with van der Waals surface area (Å²) in [4.78, 5) is 6.82. The van der Waals surface area contributed by atoms with Crippen molar-refractivity contribution in [1.82, 2.24) is 0 Å². The molecule has 3 rings (SSSR count). The molecular formula is C19H24N4O2. The summed E-state index contributed by atoms with van der Waals surface area (Å²) in [6.45, 7) is 3.83. The van der Waals surface area contributed by atoms with Crippen LogP contribution in [0.5, 0.6) is 5.75 Å². The van der Waals surface area contributed by atoms with E-state index in [-0.39, 0.29) is 0 Å². The van der Waals surface area contributed by atoms with Crippen LogP contribution < -0.4 is 20.7 Å². The number of aliphatic imine (C=N–C) groups is 1. The van der Waals surface area contributed by atoms with Crippen molar-refractivity contribution in [3.05, 3.63) is 54.1 Å². The van der Waals surface area contributed by atoms with E-state index in [1.165, 1.54) is 5.69 Å². The molecule has 0 atom stereocenters. The first-order valence-electron chi connectivity index (χ1n) is 8.38. The molecule has 1 aliphatic heterocycles. The maximum Gasteiger partial charge on any atom is 0.193 e. The second kappa shape index (κ2) is 8.39. The number of hydrogen-bond donors (Lipinski definition) is 2. The highest BCUT2D eigenvalue weighted by Crippen LogP contribution is 2.24. The van der Waals surface area contributed by atoms with Crippen LogP contribution in [0.1, 0.15) is 5.56 Å². The van der Waals surface area contributed by atoms with E-state index >= 15 is 0 Å². The van der Waals surface area contributed by atoms with Gasteiger partial charge in [0.25, 0.3) is 0 Å². The van der Waals surface area contributed by atoms with E-state index in [1.54, 1.807) is 7.11 Å². The van der Waals surface area contributed by atoms with Crippen molar-refractivity contribution in [2.45, 2.75) is 6.54 Å². The van der Waals surface area contributed by atoms with Gasteiger partial charge < -0.3 is 25.4 Å². The van der Waals surface area contributed by atoms with Crippen LogP contribution >= 0.6 is 0 Å². The molecule has 0 radical (unpaired) electrons. The molecule has 6 heteroatoms. The molecule has 1 heterocycles. The van der Waals surface area contributed by atoms with Gasteiger partial charge in [-0.05, 0) is 23.8 Å². The molecule has 1 saturated heterocycles. The minimum atomic E-state index is 0.362. The van der Waals surface area contributed by atoms with E-state index in [1.807, 2.05) is 30.3 Å². The van der Waals surface area contributed by atoms with Crippen LogP contribution in [0.25, 0.3) is 0 Å². The summed E-state index contributed by atoms with van der Waals surface area (Å²) in [5, 5.41) is 3.10. The van der Waals surface area contributed by atoms with Crippen molar-refractivity contribution in [1.29, 1.82) is 0 Å². The van der Waals surface area contributed by atoms with Crippen LogP contribution in [0.15, 0.2) is 53.5 Å². The minimum Gasteiger partial charge on any atom is -0.495 e. The highest BCUT2D eigenvalue weighted by molar-refractivity contribution is 5.93. The van der Waals surface area contributed by atoms with E-state index in [0.717, 1.165) is 43.3 Å². The number of hydrogen-bond acceptors (Lipinski definition) is 4. The Labute approximate surface area is 148 Å². The zero-order valence-electron chi connectivity index (χ0n) is 14.4. The Hall–Kier alpha value is -2.73. The average Bonchev–Trinajstić information content (AvgIpc) is 2.68. The molecule has 6 nitrogen and oxygen atoms in total. The molecule has 0 spiro atoms. The fraction of sp³-hybridized carbons (Fsp3) is 0.316. The first-order chi connectivity index (χ1) is 12.3. The summed E-state index contributed by atoms with van der Waals surface area (Å²) in [6.07, 6.45) is 0. The number of nitrogens with zero attached hydrogens (tertiary/aromatic N) is 2. The van der Waals surface area contributed by atoms with Crippen LogP contribution in [0.2, 0.25) is 0 Å². The predicted octanol–water partition coefficient (Wildman–Crippen LogP) is 2.46. The van der Waals surface area contributed by atoms with Gasteiger partial charge in [-0.2, -0.15) is 0 Å². The lowest BCUT2D eigenvalue weighted by Crippen LogP contribution is -2.36. The van der Waals surface area contributed by atoms with Gasteiger partial charge in [-0.15, -0.1) is 0 Å². The van der Waals surface area contributed by atoms with E-state index in [9.17, 15) is 0 Å². The number of nitrogens with one attached hydrogen (secondary N) is 1. The molecule has 3 N–H and O–H groups in total. The Morgan fingerprint density at radius 3 is 2.68 bits per heavy atom. The van der Waals surface area contributed by atoms with Crippen molar-refractivity contribution < 1.29 is 9.47 Å². The molecule has 25 heavy (non-hydrogen) atoms. The van der Waals surface area contributed by atoms with Gasteiger partial charge in [-0.1, -0.05) is 30.3 Å². The summed E-state index contributed by atoms with van der Waals surface area (Å²) in [5.74, 6) is 1.09. The van der Waals surface area contributed by atoms with Gasteiger partial charge in [-0.25, -0.2) is 4.99 Å². The summed E-state index contributed by atoms with van der Waals surface area (Å²) >= 11 is 0. The quantitative estimate of drug-likeness (QED) is 0.646. The van der Waals surface area contributed by atoms with Gasteiger partial charge in [0, 0.05) is 18.8 Å². The van der Waals surface area contributed by atoms with Crippen molar-refractivity contribution >= 4 is 17.3 Å². The third-order valence-electron chi connectivity index (χ3n) is 4.13. The number of guanidine groups is 1. The number of anilines is 2. The maximum atomic E-state index is 6.06. The van der Waals surface area contributed by atoms with E-state index < -0.39 is 0 Å². The molecule has 1 aliphatic rings. The monoisotopic (exact) mass is 340 g/mol. The van der Waals surface area contributed by atoms with Gasteiger partial charge in [0.1, 0.15) is 5.75 Å². The first kappa shape index (κ1) is 17.1. The number of rotatable bonds is 5. The maximum absolute atomic E-state index is 6.06. The lowest BCUT2D eigenvalue weighted by atomic mass is 10.1. The lowest BCUT2D eigenvalue weighted by molar-refractivity contribution is 0.122. The number of para-hydroxylation sites is 3. The summed E-state index contributed by atoms with van der Waals surface area (Å²) in [6, 6.07) is 15.9. The Bertz CT molecular complexity index is 727. The molecule has 0 aromatic heterocycles. The minimum absolute atomic E-state index is 0.362. The molecule has 2 aromatic carbocycles. The number of benzene rings is 2. The zero-order valence-corrected chi connectivity index (χ0v) is 14.4. The molecule has 0 amide bonds. The molecular weight excluding hydrogens is 316 g/mol. The average molecular weight is 340 g/mol. The van der Waals surface area contributed by atoms with E-state index in [0.29, 0.717) is 12.5 Å². The first-order valence-corrected chi connectivity index (χ1v) is 8.38. The fourth-order valence-electron chi connectivity index (χ4n) is 2.85. The van der Waals surface area contributed by atoms with Crippen LogP contribution in [-0.2, 0) is 11.3 Å². The van der Waals surface area contributed by atoms with Gasteiger partial charge in [0.2, 0.25) is 0 Å². The topological polar surface area (TPSA) is 72.1 Å². The van der Waals surface area contributed by atoms with Crippen molar-refractivity contribution in [3.63, 3.8) is 0 Å². The van der Waals surface area contributed by atoms with E-state index in [4.69, 9.17) is 15.2 Å². The molecule has 2 aromatic rings. The summed E-state index contributed by atoms with van der Waals surface area (Å²) in [7, 11) is 1.63. The summed E-state index contributed by atoms with van der Waals surface area (Å²) < 4.78 is 10.8. The van der Waals surface area contributed by atoms with Crippen molar-refractivity contribution in [2.75, 3.05) is 43.6 Å². The second-order valence-electron chi connectivity index (χ2n) is 5.75. The normalized spacial score (nSPS) is 15.1. The van der Waals surface area contributed by atoms with E-state index in [2.05, 4.69) is 33.4 Å². The fourth-order valence-corrected chi connectivity index (χ4v) is 2.85. The molecule has 0 bridgehead atoms. The largest absolute Gasteiger partial charge is 0.495 e. The van der Waals surface area contributed by atoms with Gasteiger partial charge in [0.15, 0.2) is 5.96 Å². The van der Waals surface area contributed by atoms with Crippen LogP contribution in [0.4, 0.5) is 11.4 Å².